The lowest BCUT2D eigenvalue weighted by Crippen LogP contribution is -2.16. The summed E-state index contributed by atoms with van der Waals surface area (Å²) in [6.45, 7) is 0. The normalized spacial score (nSPS) is 22.2. The van der Waals surface area contributed by atoms with Crippen molar-refractivity contribution < 1.29 is 9.53 Å². The summed E-state index contributed by atoms with van der Waals surface area (Å²) in [5.74, 6) is -0.221. The van der Waals surface area contributed by atoms with E-state index in [0.29, 0.717) is 5.56 Å². The Morgan fingerprint density at radius 2 is 1.94 bits per heavy atom. The molecule has 0 saturated carbocycles. The Balaban J connectivity index is 1.95. The maximum atomic E-state index is 11.9. The van der Waals surface area contributed by atoms with Gasteiger partial charge >= 0.3 is 5.97 Å². The van der Waals surface area contributed by atoms with Crippen LogP contribution in [0.3, 0.4) is 0 Å². The summed E-state index contributed by atoms with van der Waals surface area (Å²) >= 11 is 0. The number of carbonyl (C=O) groups excluding carboxylic acids is 1. The summed E-state index contributed by atoms with van der Waals surface area (Å²) in [5, 5.41) is 0. The van der Waals surface area contributed by atoms with Gasteiger partial charge in [0.25, 0.3) is 0 Å². The van der Waals surface area contributed by atoms with Gasteiger partial charge in [-0.05, 0) is 43.9 Å². The molecule has 0 saturated heterocycles. The highest BCUT2D eigenvalue weighted by Crippen LogP contribution is 2.15. The van der Waals surface area contributed by atoms with Crippen molar-refractivity contribution >= 4 is 5.97 Å². The third-order valence-electron chi connectivity index (χ3n) is 2.98. The van der Waals surface area contributed by atoms with Crippen LogP contribution >= 0.6 is 0 Å². The first-order valence-electron chi connectivity index (χ1n) is 6.29. The van der Waals surface area contributed by atoms with Gasteiger partial charge in [0.2, 0.25) is 0 Å². The molecule has 90 valence electrons. The number of hydrogen-bond acceptors (Lipinski definition) is 2. The molecule has 1 atom stereocenters. The number of rotatable bonds is 2. The fraction of sp³-hybridized carbons (Fsp3) is 0.400. The van der Waals surface area contributed by atoms with E-state index in [4.69, 9.17) is 4.74 Å². The van der Waals surface area contributed by atoms with Crippen LogP contribution in [0.1, 0.15) is 42.5 Å². The Hall–Kier alpha value is -1.57. The number of hydrogen-bond donors (Lipinski definition) is 0. The van der Waals surface area contributed by atoms with E-state index in [-0.39, 0.29) is 12.1 Å². The van der Waals surface area contributed by atoms with E-state index >= 15 is 0 Å². The first-order valence-corrected chi connectivity index (χ1v) is 6.29. The van der Waals surface area contributed by atoms with Crippen LogP contribution in [0, 0.1) is 0 Å². The Kier molecular flexibility index (Phi) is 4.37. The number of benzene rings is 1. The minimum Gasteiger partial charge on any atom is -0.455 e. The molecule has 2 heteroatoms. The molecule has 0 spiro atoms. The van der Waals surface area contributed by atoms with Crippen LogP contribution in [0.5, 0.6) is 0 Å². The lowest BCUT2D eigenvalue weighted by atomic mass is 10.0. The molecule has 0 radical (unpaired) electrons. The van der Waals surface area contributed by atoms with Crippen molar-refractivity contribution in [2.75, 3.05) is 0 Å². The third kappa shape index (κ3) is 3.74. The minimum absolute atomic E-state index is 0.0528. The lowest BCUT2D eigenvalue weighted by Gasteiger charge is -2.16. The van der Waals surface area contributed by atoms with Crippen molar-refractivity contribution in [3.8, 4) is 0 Å². The molecular formula is C15H18O2. The maximum Gasteiger partial charge on any atom is 0.338 e. The smallest absolute Gasteiger partial charge is 0.338 e. The second kappa shape index (κ2) is 6.24. The molecule has 2 nitrogen and oxygen atoms in total. The zero-order valence-electron chi connectivity index (χ0n) is 9.97. The minimum atomic E-state index is -0.221. The van der Waals surface area contributed by atoms with E-state index in [1.165, 1.54) is 12.8 Å². The average molecular weight is 230 g/mol. The molecule has 0 aliphatic heterocycles. The largest absolute Gasteiger partial charge is 0.455 e. The van der Waals surface area contributed by atoms with E-state index in [2.05, 4.69) is 6.08 Å². The molecule has 0 amide bonds. The second-order valence-electron chi connectivity index (χ2n) is 4.38. The van der Waals surface area contributed by atoms with Gasteiger partial charge in [0, 0.05) is 0 Å². The molecule has 0 aromatic heterocycles. The fourth-order valence-electron chi connectivity index (χ4n) is 2.01. The number of carbonyl (C=O) groups is 1. The quantitative estimate of drug-likeness (QED) is 0.571. The summed E-state index contributed by atoms with van der Waals surface area (Å²) in [5.41, 5.74) is 0.628. The van der Waals surface area contributed by atoms with Gasteiger partial charge in [-0.25, -0.2) is 4.79 Å². The monoisotopic (exact) mass is 230 g/mol. The van der Waals surface area contributed by atoms with Crippen molar-refractivity contribution in [1.82, 2.24) is 0 Å². The van der Waals surface area contributed by atoms with Crippen molar-refractivity contribution in [3.05, 3.63) is 48.0 Å². The Morgan fingerprint density at radius 1 is 1.12 bits per heavy atom. The first kappa shape index (κ1) is 11.9. The van der Waals surface area contributed by atoms with Crippen LogP contribution in [-0.4, -0.2) is 12.1 Å². The van der Waals surface area contributed by atoms with Gasteiger partial charge in [-0.15, -0.1) is 0 Å². The molecule has 17 heavy (non-hydrogen) atoms. The van der Waals surface area contributed by atoms with Gasteiger partial charge in [0.15, 0.2) is 0 Å². The predicted octanol–water partition coefficient (Wildman–Crippen LogP) is 3.73. The molecule has 1 aliphatic rings. The number of allylic oxidation sites excluding steroid dienone is 1. The molecule has 0 unspecified atom stereocenters. The van der Waals surface area contributed by atoms with Crippen LogP contribution in [0.25, 0.3) is 0 Å². The molecule has 0 N–H and O–H groups in total. The second-order valence-corrected chi connectivity index (χ2v) is 4.38. The van der Waals surface area contributed by atoms with Crippen molar-refractivity contribution in [2.24, 2.45) is 0 Å². The molecule has 0 fully saturated rings. The summed E-state index contributed by atoms with van der Waals surface area (Å²) in [7, 11) is 0. The van der Waals surface area contributed by atoms with Crippen molar-refractivity contribution in [2.45, 2.75) is 38.2 Å². The molecule has 0 bridgehead atoms. The van der Waals surface area contributed by atoms with E-state index in [9.17, 15) is 4.79 Å². The molecule has 1 aromatic carbocycles. The van der Waals surface area contributed by atoms with Crippen LogP contribution < -0.4 is 0 Å². The summed E-state index contributed by atoms with van der Waals surface area (Å²) in [4.78, 5) is 11.9. The summed E-state index contributed by atoms with van der Waals surface area (Å²) < 4.78 is 5.49. The molecule has 2 rings (SSSR count). The molecule has 1 aromatic rings. The zero-order chi connectivity index (χ0) is 11.9. The standard InChI is InChI=1S/C15H18O2/c16-15(13-9-5-4-6-10-13)17-14-11-7-2-1-3-8-12-14/h4-7,9-11,14H,1-3,8,12H2/b11-7-/t14-/m1/s1. The number of ether oxygens (including phenoxy) is 1. The van der Waals surface area contributed by atoms with Crippen LogP contribution in [0.15, 0.2) is 42.5 Å². The van der Waals surface area contributed by atoms with Gasteiger partial charge in [-0.1, -0.05) is 30.7 Å². The topological polar surface area (TPSA) is 26.3 Å². The lowest BCUT2D eigenvalue weighted by molar-refractivity contribution is 0.0374. The highest BCUT2D eigenvalue weighted by molar-refractivity contribution is 5.89. The van der Waals surface area contributed by atoms with Crippen molar-refractivity contribution in [1.29, 1.82) is 0 Å². The summed E-state index contributed by atoms with van der Waals surface area (Å²) in [6, 6.07) is 9.17. The van der Waals surface area contributed by atoms with Crippen LogP contribution in [-0.2, 0) is 4.74 Å². The maximum absolute atomic E-state index is 11.9. The highest BCUT2D eigenvalue weighted by Gasteiger charge is 2.13. The Morgan fingerprint density at radius 3 is 2.76 bits per heavy atom. The summed E-state index contributed by atoms with van der Waals surface area (Å²) in [6.07, 6.45) is 9.75. The molecule has 0 heterocycles. The Bertz CT molecular complexity index is 381. The molecule has 1 aliphatic carbocycles. The van der Waals surface area contributed by atoms with Gasteiger partial charge in [0.05, 0.1) is 5.56 Å². The number of esters is 1. The zero-order valence-corrected chi connectivity index (χ0v) is 9.97. The van der Waals surface area contributed by atoms with E-state index in [0.717, 1.165) is 19.3 Å². The van der Waals surface area contributed by atoms with Gasteiger partial charge in [0.1, 0.15) is 6.10 Å². The molecular weight excluding hydrogens is 212 g/mol. The van der Waals surface area contributed by atoms with Gasteiger partial charge < -0.3 is 4.74 Å². The van der Waals surface area contributed by atoms with E-state index in [1.54, 1.807) is 12.1 Å². The SMILES string of the molecule is O=C(O[C@@H]1/C=C\CCCCC1)c1ccccc1. The van der Waals surface area contributed by atoms with E-state index < -0.39 is 0 Å². The van der Waals surface area contributed by atoms with E-state index in [1.807, 2.05) is 24.3 Å². The highest BCUT2D eigenvalue weighted by atomic mass is 16.5. The van der Waals surface area contributed by atoms with Gasteiger partial charge in [-0.3, -0.25) is 0 Å². The van der Waals surface area contributed by atoms with Crippen molar-refractivity contribution in [3.63, 3.8) is 0 Å². The average Bonchev–Trinajstić information content (AvgIpc) is 2.33. The predicted molar refractivity (Wildman–Crippen MR) is 67.9 cm³/mol. The van der Waals surface area contributed by atoms with Crippen LogP contribution in [0.4, 0.5) is 0 Å². The third-order valence-corrected chi connectivity index (χ3v) is 2.98. The Labute approximate surface area is 102 Å². The van der Waals surface area contributed by atoms with Crippen LogP contribution in [0.2, 0.25) is 0 Å². The fourth-order valence-corrected chi connectivity index (χ4v) is 2.01. The van der Waals surface area contributed by atoms with Gasteiger partial charge in [-0.2, -0.15) is 0 Å². The first-order chi connectivity index (χ1) is 8.36.